The lowest BCUT2D eigenvalue weighted by Crippen LogP contribution is -2.51. The molecule has 2 atom stereocenters. The van der Waals surface area contributed by atoms with Crippen LogP contribution in [0.1, 0.15) is 38.6 Å². The molecule has 1 fully saturated rings. The maximum Gasteiger partial charge on any atom is 0.256 e. The van der Waals surface area contributed by atoms with E-state index in [0.717, 1.165) is 5.56 Å². The molecule has 1 aliphatic rings. The number of nitrogens with zero attached hydrogens (tertiary/aromatic N) is 3. The predicted octanol–water partition coefficient (Wildman–Crippen LogP) is 3.58. The van der Waals surface area contributed by atoms with Crippen LogP contribution in [-0.2, 0) is 0 Å². The molecule has 0 bridgehead atoms. The van der Waals surface area contributed by atoms with Gasteiger partial charge in [-0.15, -0.1) is 0 Å². The Bertz CT molecular complexity index is 1170. The second-order valence-corrected chi connectivity index (χ2v) is 8.27. The maximum atomic E-state index is 13.3. The van der Waals surface area contributed by atoms with Gasteiger partial charge in [0.25, 0.3) is 17.7 Å². The van der Waals surface area contributed by atoms with Crippen molar-refractivity contribution in [1.29, 1.82) is 0 Å². The van der Waals surface area contributed by atoms with E-state index in [1.54, 1.807) is 29.3 Å². The quantitative estimate of drug-likeness (QED) is 0.542. The van der Waals surface area contributed by atoms with Crippen molar-refractivity contribution in [2.24, 2.45) is 0 Å². The average molecular weight is 481 g/mol. The Morgan fingerprint density at radius 3 is 2.59 bits per heavy atom. The summed E-state index contributed by atoms with van der Waals surface area (Å²) in [6, 6.07) is 14.6. The van der Waals surface area contributed by atoms with Crippen LogP contribution in [0.15, 0.2) is 60.9 Å². The van der Waals surface area contributed by atoms with Gasteiger partial charge in [0, 0.05) is 43.5 Å². The smallest absolute Gasteiger partial charge is 0.256 e. The zero-order valence-electron chi connectivity index (χ0n) is 18.9. The molecule has 0 radical (unpaired) electrons. The average Bonchev–Trinajstić information content (AvgIpc) is 2.88. The molecule has 3 aromatic rings. The molecule has 2 amide bonds. The number of rotatable bonds is 6. The van der Waals surface area contributed by atoms with Gasteiger partial charge >= 0.3 is 0 Å². The van der Waals surface area contributed by atoms with Crippen LogP contribution >= 0.6 is 11.6 Å². The number of halogens is 1. The lowest BCUT2D eigenvalue weighted by atomic mass is 9.85. The van der Waals surface area contributed by atoms with Crippen LogP contribution < -0.4 is 14.8 Å². The lowest BCUT2D eigenvalue weighted by Gasteiger charge is -2.39. The number of hydrogen-bond acceptors (Lipinski definition) is 6. The van der Waals surface area contributed by atoms with Crippen molar-refractivity contribution in [2.45, 2.75) is 18.4 Å². The van der Waals surface area contributed by atoms with Gasteiger partial charge in [0.2, 0.25) is 0 Å². The van der Waals surface area contributed by atoms with E-state index in [0.29, 0.717) is 42.3 Å². The minimum Gasteiger partial charge on any atom is -0.491 e. The van der Waals surface area contributed by atoms with Crippen molar-refractivity contribution in [2.75, 3.05) is 27.3 Å². The Kier molecular flexibility index (Phi) is 7.27. The van der Waals surface area contributed by atoms with E-state index in [1.807, 2.05) is 30.3 Å². The van der Waals surface area contributed by atoms with Crippen molar-refractivity contribution in [3.05, 3.63) is 82.8 Å². The minimum absolute atomic E-state index is 0.105. The molecule has 0 aliphatic carbocycles. The van der Waals surface area contributed by atoms with Crippen LogP contribution in [0.2, 0.25) is 5.15 Å². The van der Waals surface area contributed by atoms with Gasteiger partial charge in [-0.05, 0) is 24.1 Å². The van der Waals surface area contributed by atoms with Crippen molar-refractivity contribution in [3.63, 3.8) is 0 Å². The number of piperidine rings is 1. The summed E-state index contributed by atoms with van der Waals surface area (Å²) in [4.78, 5) is 36.2. The van der Waals surface area contributed by atoms with E-state index in [1.165, 1.54) is 20.4 Å². The molecular weight excluding hydrogens is 456 g/mol. The molecule has 0 spiro atoms. The molecule has 4 rings (SSSR count). The Hall–Kier alpha value is -3.65. The number of nitrogens with one attached hydrogen (secondary N) is 1. The number of ether oxygens (including phenoxy) is 2. The minimum atomic E-state index is -0.284. The fourth-order valence-corrected chi connectivity index (χ4v) is 4.39. The first-order valence-corrected chi connectivity index (χ1v) is 11.2. The van der Waals surface area contributed by atoms with Gasteiger partial charge < -0.3 is 19.7 Å². The lowest BCUT2D eigenvalue weighted by molar-refractivity contribution is 0.0670. The normalized spacial score (nSPS) is 17.7. The maximum absolute atomic E-state index is 13.3. The standard InChI is InChI=1S/C25H25ClN4O4/c1-33-21-13-17(14-28-24(21)34-2)25(32)30-12-10-20(19(15-30)16-7-4-3-5-8-16)29-23(31)18-9-6-11-27-22(18)26/h3-9,11,13-14,19-20H,10,12,15H2,1-2H3,(H,29,31)/t19-,20-/m1/s1. The molecule has 176 valence electrons. The summed E-state index contributed by atoms with van der Waals surface area (Å²) in [5.41, 5.74) is 1.77. The molecule has 9 heteroatoms. The number of hydrogen-bond donors (Lipinski definition) is 1. The van der Waals surface area contributed by atoms with Gasteiger partial charge in [0.05, 0.1) is 25.3 Å². The summed E-state index contributed by atoms with van der Waals surface area (Å²) in [5.74, 6) is 0.161. The Morgan fingerprint density at radius 2 is 1.88 bits per heavy atom. The number of carbonyl (C=O) groups is 2. The molecule has 8 nitrogen and oxygen atoms in total. The number of likely N-dealkylation sites (tertiary alicyclic amines) is 1. The van der Waals surface area contributed by atoms with Crippen molar-refractivity contribution >= 4 is 23.4 Å². The highest BCUT2D eigenvalue weighted by atomic mass is 35.5. The zero-order chi connectivity index (χ0) is 24.1. The Morgan fingerprint density at radius 1 is 1.09 bits per heavy atom. The molecule has 0 unspecified atom stereocenters. The van der Waals surface area contributed by atoms with Gasteiger partial charge in [0.15, 0.2) is 5.75 Å². The third-order valence-electron chi connectivity index (χ3n) is 5.93. The Labute approximate surface area is 202 Å². The van der Waals surface area contributed by atoms with Crippen LogP contribution in [0.3, 0.4) is 0 Å². The van der Waals surface area contributed by atoms with Crippen molar-refractivity contribution in [3.8, 4) is 11.6 Å². The number of amides is 2. The van der Waals surface area contributed by atoms with Gasteiger partial charge in [-0.1, -0.05) is 41.9 Å². The molecule has 2 aromatic heterocycles. The van der Waals surface area contributed by atoms with E-state index < -0.39 is 0 Å². The fourth-order valence-electron chi connectivity index (χ4n) is 4.18. The molecule has 1 aromatic carbocycles. The summed E-state index contributed by atoms with van der Waals surface area (Å²) >= 11 is 6.12. The first kappa shape index (κ1) is 23.5. The van der Waals surface area contributed by atoms with E-state index in [9.17, 15) is 9.59 Å². The van der Waals surface area contributed by atoms with Gasteiger partial charge in [-0.2, -0.15) is 0 Å². The third-order valence-corrected chi connectivity index (χ3v) is 6.23. The Balaban J connectivity index is 1.56. The number of carbonyl (C=O) groups excluding carboxylic acids is 2. The first-order chi connectivity index (χ1) is 16.5. The molecule has 0 saturated carbocycles. The van der Waals surface area contributed by atoms with E-state index in [2.05, 4.69) is 15.3 Å². The van der Waals surface area contributed by atoms with Crippen molar-refractivity contribution < 1.29 is 19.1 Å². The summed E-state index contributed by atoms with van der Waals surface area (Å²) in [6.07, 6.45) is 3.61. The molecule has 1 saturated heterocycles. The summed E-state index contributed by atoms with van der Waals surface area (Å²) < 4.78 is 10.5. The highest BCUT2D eigenvalue weighted by Gasteiger charge is 2.34. The highest BCUT2D eigenvalue weighted by Crippen LogP contribution is 2.30. The van der Waals surface area contributed by atoms with Gasteiger partial charge in [0.1, 0.15) is 5.15 Å². The summed E-state index contributed by atoms with van der Waals surface area (Å²) in [6.45, 7) is 0.908. The second kappa shape index (κ2) is 10.5. The van der Waals surface area contributed by atoms with E-state index >= 15 is 0 Å². The fraction of sp³-hybridized carbons (Fsp3) is 0.280. The second-order valence-electron chi connectivity index (χ2n) is 7.91. The number of aromatic nitrogens is 2. The van der Waals surface area contributed by atoms with Crippen LogP contribution in [-0.4, -0.2) is 60.0 Å². The van der Waals surface area contributed by atoms with E-state index in [-0.39, 0.29) is 28.9 Å². The zero-order valence-corrected chi connectivity index (χ0v) is 19.7. The topological polar surface area (TPSA) is 93.7 Å². The van der Waals surface area contributed by atoms with Crippen molar-refractivity contribution in [1.82, 2.24) is 20.2 Å². The molecule has 3 heterocycles. The summed E-state index contributed by atoms with van der Waals surface area (Å²) in [5, 5.41) is 3.26. The SMILES string of the molecule is COc1cc(C(=O)N2CC[C@@H](NC(=O)c3cccnc3Cl)[C@@H](c3ccccc3)C2)cnc1OC. The number of methoxy groups -OCH3 is 2. The molecule has 1 N–H and O–H groups in total. The van der Waals surface area contributed by atoms with E-state index in [4.69, 9.17) is 21.1 Å². The van der Waals surface area contributed by atoms with Crippen LogP contribution in [0.4, 0.5) is 0 Å². The monoisotopic (exact) mass is 480 g/mol. The van der Waals surface area contributed by atoms with Crippen LogP contribution in [0, 0.1) is 0 Å². The van der Waals surface area contributed by atoms with Gasteiger partial charge in [-0.25, -0.2) is 9.97 Å². The number of benzene rings is 1. The predicted molar refractivity (Wildman–Crippen MR) is 128 cm³/mol. The first-order valence-electron chi connectivity index (χ1n) is 10.9. The van der Waals surface area contributed by atoms with Gasteiger partial charge in [-0.3, -0.25) is 9.59 Å². The summed E-state index contributed by atoms with van der Waals surface area (Å²) in [7, 11) is 3.00. The molecular formula is C25H25ClN4O4. The third kappa shape index (κ3) is 4.97. The van der Waals surface area contributed by atoms with Crippen LogP contribution in [0.25, 0.3) is 0 Å². The molecule has 34 heavy (non-hydrogen) atoms. The highest BCUT2D eigenvalue weighted by molar-refractivity contribution is 6.32. The largest absolute Gasteiger partial charge is 0.491 e. The van der Waals surface area contributed by atoms with Crippen LogP contribution in [0.5, 0.6) is 11.6 Å². The molecule has 1 aliphatic heterocycles. The number of pyridine rings is 2.